The van der Waals surface area contributed by atoms with Crippen LogP contribution in [0.15, 0.2) is 66.9 Å². The van der Waals surface area contributed by atoms with E-state index in [9.17, 15) is 22.8 Å². The Morgan fingerprint density at radius 3 is 2.57 bits per heavy atom. The van der Waals surface area contributed by atoms with Gasteiger partial charge in [-0.15, -0.1) is 0 Å². The van der Waals surface area contributed by atoms with E-state index in [1.807, 2.05) is 44.2 Å². The van der Waals surface area contributed by atoms with Crippen molar-refractivity contribution in [2.75, 3.05) is 47.8 Å². The standard InChI is InChI=1S/C37H44N6O5S/c1-25-30(15-16-33(44)38-25)43-32-12-7-11-28-31(14-13-29(34(28)32)35(43)45)40-18-8-19-41(22-21-40)36(46)39-27-10-6-9-26(23-27)24-49(47,48)42-20-5-4-17-37(42,2)3/h6-7,9-14,23,30H,1,4-5,8,15-22,24H2,2-3H3,(H,38,44)(H,39,46). The van der Waals surface area contributed by atoms with Crippen molar-refractivity contribution in [1.82, 2.24) is 14.5 Å². The van der Waals surface area contributed by atoms with Crippen LogP contribution in [0.1, 0.15) is 68.3 Å². The van der Waals surface area contributed by atoms with E-state index in [0.717, 1.165) is 54.4 Å². The largest absolute Gasteiger partial charge is 0.369 e. The summed E-state index contributed by atoms with van der Waals surface area (Å²) in [5.41, 5.74) is 3.83. The van der Waals surface area contributed by atoms with Gasteiger partial charge in [-0.3, -0.25) is 14.5 Å². The smallest absolute Gasteiger partial charge is 0.321 e. The van der Waals surface area contributed by atoms with Crippen molar-refractivity contribution in [2.45, 2.75) is 69.7 Å². The number of urea groups is 1. The fraction of sp³-hybridized carbons (Fsp3) is 0.432. The van der Waals surface area contributed by atoms with Crippen LogP contribution in [0.4, 0.5) is 21.9 Å². The van der Waals surface area contributed by atoms with Gasteiger partial charge in [0.1, 0.15) is 0 Å². The predicted octanol–water partition coefficient (Wildman–Crippen LogP) is 5.43. The molecule has 12 heteroatoms. The Kier molecular flexibility index (Phi) is 8.64. The third-order valence-corrected chi connectivity index (χ3v) is 12.5. The Labute approximate surface area is 288 Å². The van der Waals surface area contributed by atoms with Crippen LogP contribution in [0.2, 0.25) is 0 Å². The number of piperidine rings is 2. The number of hydrogen-bond acceptors (Lipinski definition) is 6. The molecule has 0 aliphatic carbocycles. The Hall–Kier alpha value is -4.42. The monoisotopic (exact) mass is 684 g/mol. The molecular weight excluding hydrogens is 641 g/mol. The summed E-state index contributed by atoms with van der Waals surface area (Å²) in [6.45, 7) is 11.0. The van der Waals surface area contributed by atoms with Gasteiger partial charge in [0.05, 0.1) is 23.0 Å². The Morgan fingerprint density at radius 2 is 1.78 bits per heavy atom. The van der Waals surface area contributed by atoms with E-state index in [1.54, 1.807) is 38.4 Å². The molecule has 0 bridgehead atoms. The highest BCUT2D eigenvalue weighted by atomic mass is 32.2. The lowest BCUT2D eigenvalue weighted by Crippen LogP contribution is -2.50. The minimum Gasteiger partial charge on any atom is -0.369 e. The molecule has 0 radical (unpaired) electrons. The normalized spacial score (nSPS) is 21.6. The zero-order valence-corrected chi connectivity index (χ0v) is 29.0. The number of benzene rings is 3. The van der Waals surface area contributed by atoms with Gasteiger partial charge in [0.25, 0.3) is 5.91 Å². The van der Waals surface area contributed by atoms with Gasteiger partial charge in [-0.2, -0.15) is 4.31 Å². The number of rotatable bonds is 6. The van der Waals surface area contributed by atoms with E-state index in [1.165, 1.54) is 0 Å². The van der Waals surface area contributed by atoms with E-state index in [-0.39, 0.29) is 29.6 Å². The summed E-state index contributed by atoms with van der Waals surface area (Å²) in [6, 6.07) is 16.5. The van der Waals surface area contributed by atoms with Crippen LogP contribution in [0.5, 0.6) is 0 Å². The molecule has 0 aromatic heterocycles. The summed E-state index contributed by atoms with van der Waals surface area (Å²) in [5, 5.41) is 7.69. The topological polar surface area (TPSA) is 122 Å². The molecule has 7 rings (SSSR count). The molecular formula is C37H44N6O5S. The lowest BCUT2D eigenvalue weighted by Gasteiger charge is -2.41. The molecule has 4 amide bonds. The molecule has 0 spiro atoms. The number of sulfonamides is 1. The van der Waals surface area contributed by atoms with E-state index in [4.69, 9.17) is 0 Å². The lowest BCUT2D eigenvalue weighted by atomic mass is 9.93. The average molecular weight is 685 g/mol. The molecule has 3 fully saturated rings. The molecule has 0 saturated carbocycles. The summed E-state index contributed by atoms with van der Waals surface area (Å²) in [7, 11) is -3.52. The minimum absolute atomic E-state index is 0.0776. The molecule has 3 aromatic carbocycles. The first kappa shape index (κ1) is 33.1. The molecule has 3 aromatic rings. The van der Waals surface area contributed by atoms with Gasteiger partial charge in [-0.25, -0.2) is 13.2 Å². The molecule has 4 aliphatic heterocycles. The zero-order chi connectivity index (χ0) is 34.5. The highest BCUT2D eigenvalue weighted by Crippen LogP contribution is 2.44. The molecule has 258 valence electrons. The molecule has 4 aliphatic rings. The fourth-order valence-corrected chi connectivity index (χ4v) is 9.98. The van der Waals surface area contributed by atoms with Gasteiger partial charge in [0, 0.05) is 72.5 Å². The number of nitrogens with one attached hydrogen (secondary N) is 2. The second-order valence-corrected chi connectivity index (χ2v) is 16.1. The number of anilines is 3. The first-order valence-corrected chi connectivity index (χ1v) is 18.8. The van der Waals surface area contributed by atoms with E-state index in [2.05, 4.69) is 22.1 Å². The van der Waals surface area contributed by atoms with Gasteiger partial charge in [-0.05, 0) is 75.4 Å². The number of carbonyl (C=O) groups is 3. The highest BCUT2D eigenvalue weighted by molar-refractivity contribution is 7.88. The third kappa shape index (κ3) is 6.27. The highest BCUT2D eigenvalue weighted by Gasteiger charge is 2.40. The molecule has 11 nitrogen and oxygen atoms in total. The molecule has 1 atom stereocenters. The van der Waals surface area contributed by atoms with Crippen molar-refractivity contribution in [3.8, 4) is 0 Å². The maximum Gasteiger partial charge on any atom is 0.321 e. The number of nitrogens with zero attached hydrogens (tertiary/aromatic N) is 4. The summed E-state index contributed by atoms with van der Waals surface area (Å²) < 4.78 is 28.4. The van der Waals surface area contributed by atoms with Gasteiger partial charge in [0.2, 0.25) is 15.9 Å². The van der Waals surface area contributed by atoms with Crippen LogP contribution >= 0.6 is 0 Å². The first-order valence-electron chi connectivity index (χ1n) is 17.2. The summed E-state index contributed by atoms with van der Waals surface area (Å²) in [4.78, 5) is 44.9. The fourth-order valence-electron chi connectivity index (χ4n) is 7.97. The second kappa shape index (κ2) is 12.8. The molecule has 4 heterocycles. The van der Waals surface area contributed by atoms with Gasteiger partial charge < -0.3 is 20.4 Å². The van der Waals surface area contributed by atoms with Crippen molar-refractivity contribution >= 4 is 55.7 Å². The van der Waals surface area contributed by atoms with Crippen LogP contribution < -0.4 is 20.4 Å². The molecule has 3 saturated heterocycles. The maximum atomic E-state index is 13.7. The van der Waals surface area contributed by atoms with Crippen molar-refractivity contribution in [3.63, 3.8) is 0 Å². The van der Waals surface area contributed by atoms with E-state index in [0.29, 0.717) is 61.5 Å². The summed E-state index contributed by atoms with van der Waals surface area (Å²) >= 11 is 0. The Bertz CT molecular complexity index is 1960. The van der Waals surface area contributed by atoms with E-state index >= 15 is 0 Å². The third-order valence-electron chi connectivity index (χ3n) is 10.4. The van der Waals surface area contributed by atoms with Gasteiger partial charge in [-0.1, -0.05) is 37.3 Å². The quantitative estimate of drug-likeness (QED) is 0.357. The van der Waals surface area contributed by atoms with Crippen molar-refractivity contribution in [1.29, 1.82) is 0 Å². The average Bonchev–Trinajstić information content (AvgIpc) is 3.18. The van der Waals surface area contributed by atoms with Crippen LogP contribution in [0.25, 0.3) is 10.8 Å². The zero-order valence-electron chi connectivity index (χ0n) is 28.2. The lowest BCUT2D eigenvalue weighted by molar-refractivity contribution is -0.121. The van der Waals surface area contributed by atoms with Crippen LogP contribution in [0.3, 0.4) is 0 Å². The Morgan fingerprint density at radius 1 is 0.959 bits per heavy atom. The number of carbonyl (C=O) groups excluding carboxylic acids is 3. The van der Waals surface area contributed by atoms with Crippen LogP contribution in [-0.4, -0.2) is 79.8 Å². The van der Waals surface area contributed by atoms with Crippen LogP contribution in [-0.2, 0) is 20.6 Å². The molecule has 2 N–H and O–H groups in total. The van der Waals surface area contributed by atoms with Crippen molar-refractivity contribution in [3.05, 3.63) is 78.0 Å². The SMILES string of the molecule is C=C1NC(=O)CCC1N1C(=O)c2ccc(N3CCCN(C(=O)Nc4cccc(CS(=O)(=O)N5CCCCC5(C)C)c4)CC3)c3cccc1c23. The number of amides is 4. The Balaban J connectivity index is 1.04. The van der Waals surface area contributed by atoms with Gasteiger partial charge >= 0.3 is 6.03 Å². The van der Waals surface area contributed by atoms with Crippen molar-refractivity contribution in [2.24, 2.45) is 0 Å². The summed E-state index contributed by atoms with van der Waals surface area (Å²) in [5.74, 6) is -0.273. The number of hydrogen-bond donors (Lipinski definition) is 2. The second-order valence-electron chi connectivity index (χ2n) is 14.2. The molecule has 1 unspecified atom stereocenters. The summed E-state index contributed by atoms with van der Waals surface area (Å²) in [6.07, 6.45) is 4.36. The van der Waals surface area contributed by atoms with Crippen molar-refractivity contribution < 1.29 is 22.8 Å². The van der Waals surface area contributed by atoms with Gasteiger partial charge in [0.15, 0.2) is 0 Å². The molecule has 49 heavy (non-hydrogen) atoms. The first-order chi connectivity index (χ1) is 23.4. The van der Waals surface area contributed by atoms with Crippen LogP contribution in [0, 0.1) is 0 Å². The predicted molar refractivity (Wildman–Crippen MR) is 192 cm³/mol. The minimum atomic E-state index is -3.52. The maximum absolute atomic E-state index is 13.7. The van der Waals surface area contributed by atoms with E-state index < -0.39 is 15.6 Å².